The second kappa shape index (κ2) is 11.1. The summed E-state index contributed by atoms with van der Waals surface area (Å²) in [5, 5.41) is 15.3. The topological polar surface area (TPSA) is 141 Å². The number of benzene rings is 1. The molecule has 3 heterocycles. The molecule has 3 aliphatic rings. The lowest BCUT2D eigenvalue weighted by atomic mass is 9.92. The van der Waals surface area contributed by atoms with Gasteiger partial charge in [0.15, 0.2) is 5.78 Å². The lowest BCUT2D eigenvalue weighted by Crippen LogP contribution is -2.53. The number of likely N-dealkylation sites (tertiary alicyclic amines) is 1. The third-order valence-electron chi connectivity index (χ3n) is 8.08. The molecule has 5 rings (SSSR count). The van der Waals surface area contributed by atoms with Crippen LogP contribution in [0, 0.1) is 17.8 Å². The molecule has 1 saturated carbocycles. The zero-order valence-electron chi connectivity index (χ0n) is 20.9. The number of H-pyrrole nitrogens is 1. The van der Waals surface area contributed by atoms with Crippen molar-refractivity contribution in [3.8, 4) is 5.75 Å². The third-order valence-corrected chi connectivity index (χ3v) is 8.29. The van der Waals surface area contributed by atoms with E-state index in [4.69, 9.17) is 11.6 Å². The van der Waals surface area contributed by atoms with Crippen molar-refractivity contribution >= 4 is 46.0 Å². The summed E-state index contributed by atoms with van der Waals surface area (Å²) in [5.74, 6) is -2.52. The first-order chi connectivity index (χ1) is 18.7. The first-order valence-corrected chi connectivity index (χ1v) is 13.3. The van der Waals surface area contributed by atoms with Crippen molar-refractivity contribution in [1.29, 1.82) is 0 Å². The molecule has 0 radical (unpaired) electrons. The number of amides is 3. The highest BCUT2D eigenvalue weighted by Gasteiger charge is 2.50. The predicted octanol–water partition coefficient (Wildman–Crippen LogP) is 2.24. The summed E-state index contributed by atoms with van der Waals surface area (Å²) < 4.78 is 30.5. The van der Waals surface area contributed by atoms with Crippen LogP contribution in [-0.2, 0) is 14.4 Å². The van der Waals surface area contributed by atoms with Crippen LogP contribution in [-0.4, -0.2) is 76.9 Å². The number of aliphatic hydroxyl groups excluding tert-OH is 1. The van der Waals surface area contributed by atoms with Gasteiger partial charge in [-0.05, 0) is 55.7 Å². The number of nitrogens with zero attached hydrogens (tertiary/aromatic N) is 1. The van der Waals surface area contributed by atoms with Crippen LogP contribution in [0.2, 0.25) is 5.02 Å². The van der Waals surface area contributed by atoms with Gasteiger partial charge in [0.2, 0.25) is 11.8 Å². The molecule has 39 heavy (non-hydrogen) atoms. The fourth-order valence-electron chi connectivity index (χ4n) is 6.28. The number of carbonyl (C=O) groups is 4. The summed E-state index contributed by atoms with van der Waals surface area (Å²) in [4.78, 5) is 56.3. The molecule has 210 valence electrons. The van der Waals surface area contributed by atoms with Crippen LogP contribution in [0.25, 0.3) is 10.9 Å². The molecule has 3 amide bonds. The number of Topliss-reactive ketones (excluding diaryl/α,β-unsaturated/α-hetero) is 1. The second-order valence-electron chi connectivity index (χ2n) is 10.4. The first-order valence-electron chi connectivity index (χ1n) is 13.0. The normalized spacial score (nSPS) is 25.2. The van der Waals surface area contributed by atoms with Crippen molar-refractivity contribution in [2.24, 2.45) is 17.8 Å². The molecular formula is C26H29ClF2N4O6. The summed E-state index contributed by atoms with van der Waals surface area (Å²) in [6, 6.07) is 2.17. The number of aliphatic hydroxyl groups is 1. The Hall–Kier alpha value is -3.25. The standard InChI is InChI=1S/C26H29ClF2N4O6/c27-14-7-17-16(21(8-14)39-26(28)29)9-19(31-17)25(38)33-10-13-2-1-3-15(13)22(33)24(37)32-18(20(35)11-34)6-12-4-5-30-23(12)36/h7-9,12-13,15,18,22,26,31,34H,1-6,10-11H2,(H,30,36)(H,32,37)/t12-,13-,15-,18?,22-/m0/s1. The Kier molecular flexibility index (Phi) is 7.77. The maximum absolute atomic E-state index is 13.7. The Balaban J connectivity index is 1.41. The molecule has 5 atom stereocenters. The molecular weight excluding hydrogens is 538 g/mol. The van der Waals surface area contributed by atoms with Crippen molar-refractivity contribution in [1.82, 2.24) is 20.5 Å². The molecule has 13 heteroatoms. The number of ether oxygens (including phenoxy) is 1. The lowest BCUT2D eigenvalue weighted by molar-refractivity contribution is -0.133. The third kappa shape index (κ3) is 5.44. The Morgan fingerprint density at radius 3 is 2.69 bits per heavy atom. The minimum absolute atomic E-state index is 0.0570. The molecule has 2 saturated heterocycles. The molecule has 1 unspecified atom stereocenters. The van der Waals surface area contributed by atoms with Crippen molar-refractivity contribution in [2.45, 2.75) is 50.8 Å². The largest absolute Gasteiger partial charge is 0.434 e. The van der Waals surface area contributed by atoms with Crippen LogP contribution >= 0.6 is 11.6 Å². The highest BCUT2D eigenvalue weighted by Crippen LogP contribution is 2.43. The number of aromatic nitrogens is 1. The number of hydrogen-bond acceptors (Lipinski definition) is 6. The summed E-state index contributed by atoms with van der Waals surface area (Å²) in [7, 11) is 0. The van der Waals surface area contributed by atoms with E-state index in [0.717, 1.165) is 19.3 Å². The summed E-state index contributed by atoms with van der Waals surface area (Å²) >= 11 is 6.04. The highest BCUT2D eigenvalue weighted by atomic mass is 35.5. The minimum atomic E-state index is -3.09. The molecule has 1 aromatic heterocycles. The lowest BCUT2D eigenvalue weighted by Gasteiger charge is -2.29. The quantitative estimate of drug-likeness (QED) is 0.367. The van der Waals surface area contributed by atoms with Crippen molar-refractivity contribution < 1.29 is 37.8 Å². The monoisotopic (exact) mass is 566 g/mol. The molecule has 1 aliphatic carbocycles. The summed E-state index contributed by atoms with van der Waals surface area (Å²) in [6.07, 6.45) is 3.05. The molecule has 0 spiro atoms. The fourth-order valence-corrected chi connectivity index (χ4v) is 6.49. The van der Waals surface area contributed by atoms with Crippen LogP contribution in [0.5, 0.6) is 5.75 Å². The Morgan fingerprint density at radius 1 is 1.21 bits per heavy atom. The average molecular weight is 567 g/mol. The number of carbonyl (C=O) groups excluding carboxylic acids is 4. The number of halogens is 3. The van der Waals surface area contributed by atoms with E-state index < -0.39 is 48.8 Å². The molecule has 1 aromatic carbocycles. The number of nitrogens with one attached hydrogen (secondary N) is 3. The number of fused-ring (bicyclic) bond motifs is 2. The molecule has 2 aliphatic heterocycles. The van der Waals surface area contributed by atoms with Crippen molar-refractivity contribution in [3.63, 3.8) is 0 Å². The summed E-state index contributed by atoms with van der Waals surface area (Å²) in [5.41, 5.74) is 0.403. The Morgan fingerprint density at radius 2 is 2.00 bits per heavy atom. The zero-order valence-corrected chi connectivity index (χ0v) is 21.7. The first kappa shape index (κ1) is 27.3. The van der Waals surface area contributed by atoms with Gasteiger partial charge in [0.25, 0.3) is 5.91 Å². The van der Waals surface area contributed by atoms with Crippen LogP contribution in [0.3, 0.4) is 0 Å². The number of rotatable bonds is 9. The fraction of sp³-hybridized carbons (Fsp3) is 0.538. The van der Waals surface area contributed by atoms with Gasteiger partial charge in [-0.25, -0.2) is 0 Å². The van der Waals surface area contributed by atoms with E-state index in [0.29, 0.717) is 25.0 Å². The number of hydrogen-bond donors (Lipinski definition) is 4. The number of aromatic amines is 1. The van der Waals surface area contributed by atoms with Crippen molar-refractivity contribution in [2.75, 3.05) is 19.7 Å². The van der Waals surface area contributed by atoms with Gasteiger partial charge in [-0.3, -0.25) is 19.2 Å². The zero-order chi connectivity index (χ0) is 27.8. The van der Waals surface area contributed by atoms with Crippen LogP contribution in [0.4, 0.5) is 8.78 Å². The molecule has 3 fully saturated rings. The Bertz CT molecular complexity index is 1300. The second-order valence-corrected chi connectivity index (χ2v) is 10.8. The Labute approximate surface area is 227 Å². The maximum Gasteiger partial charge on any atom is 0.387 e. The van der Waals surface area contributed by atoms with Gasteiger partial charge in [0.1, 0.15) is 24.1 Å². The van der Waals surface area contributed by atoms with E-state index in [-0.39, 0.29) is 46.0 Å². The van der Waals surface area contributed by atoms with E-state index in [1.165, 1.54) is 23.1 Å². The van der Waals surface area contributed by atoms with Gasteiger partial charge in [-0.2, -0.15) is 8.78 Å². The molecule has 2 aromatic rings. The van der Waals surface area contributed by atoms with Gasteiger partial charge in [-0.1, -0.05) is 18.0 Å². The van der Waals surface area contributed by atoms with E-state index in [1.807, 2.05) is 0 Å². The van der Waals surface area contributed by atoms with E-state index in [1.54, 1.807) is 0 Å². The van der Waals surface area contributed by atoms with Crippen LogP contribution < -0.4 is 15.4 Å². The van der Waals surface area contributed by atoms with Gasteiger partial charge >= 0.3 is 6.61 Å². The van der Waals surface area contributed by atoms with Gasteiger partial charge in [0, 0.05) is 29.4 Å². The molecule has 10 nitrogen and oxygen atoms in total. The van der Waals surface area contributed by atoms with Gasteiger partial charge < -0.3 is 30.4 Å². The van der Waals surface area contributed by atoms with Gasteiger partial charge in [0.05, 0.1) is 11.6 Å². The van der Waals surface area contributed by atoms with E-state index >= 15 is 0 Å². The number of alkyl halides is 2. The van der Waals surface area contributed by atoms with Crippen molar-refractivity contribution in [3.05, 3.63) is 28.9 Å². The van der Waals surface area contributed by atoms with E-state index in [9.17, 15) is 33.1 Å². The highest BCUT2D eigenvalue weighted by molar-refractivity contribution is 6.31. The van der Waals surface area contributed by atoms with E-state index in [2.05, 4.69) is 20.4 Å². The van der Waals surface area contributed by atoms with Gasteiger partial charge in [-0.15, -0.1) is 0 Å². The maximum atomic E-state index is 13.7. The minimum Gasteiger partial charge on any atom is -0.434 e. The summed E-state index contributed by atoms with van der Waals surface area (Å²) in [6.45, 7) is -3.08. The number of ketones is 1. The smallest absolute Gasteiger partial charge is 0.387 e. The van der Waals surface area contributed by atoms with Crippen LogP contribution in [0.1, 0.15) is 42.6 Å². The molecule has 0 bridgehead atoms. The molecule has 4 N–H and O–H groups in total. The average Bonchev–Trinajstić information content (AvgIpc) is 3.66. The predicted molar refractivity (Wildman–Crippen MR) is 135 cm³/mol. The van der Waals surface area contributed by atoms with Crippen LogP contribution in [0.15, 0.2) is 18.2 Å². The SMILES string of the molecule is O=C(CO)C(C[C@@H]1CCNC1=O)NC(=O)[C@@H]1[C@H]2CCC[C@H]2CN1C(=O)c1cc2c(OC(F)F)cc(Cl)cc2[nH]1.